The van der Waals surface area contributed by atoms with E-state index in [2.05, 4.69) is 12.2 Å². The van der Waals surface area contributed by atoms with Gasteiger partial charge in [0, 0.05) is 11.6 Å². The van der Waals surface area contributed by atoms with Gasteiger partial charge in [-0.15, -0.1) is 0 Å². The number of aryl methyl sites for hydroxylation is 1. The Balaban J connectivity index is 2.45. The van der Waals surface area contributed by atoms with Crippen molar-refractivity contribution in [2.45, 2.75) is 45.6 Å². The van der Waals surface area contributed by atoms with Crippen LogP contribution in [0, 0.1) is 12.7 Å². The number of aliphatic hydroxyl groups is 1. The molecule has 0 radical (unpaired) electrons. The molecule has 0 bridgehead atoms. The normalized spacial score (nSPS) is 14.1. The lowest BCUT2D eigenvalue weighted by Gasteiger charge is -2.31. The minimum absolute atomic E-state index is 0.121. The van der Waals surface area contributed by atoms with E-state index in [-0.39, 0.29) is 18.0 Å². The van der Waals surface area contributed by atoms with Crippen LogP contribution in [0.1, 0.15) is 38.7 Å². The van der Waals surface area contributed by atoms with E-state index in [1.807, 2.05) is 13.8 Å². The van der Waals surface area contributed by atoms with E-state index in [1.54, 1.807) is 6.07 Å². The highest BCUT2D eigenvalue weighted by atomic mass is 19.1. The quantitative estimate of drug-likeness (QED) is 0.684. The van der Waals surface area contributed by atoms with Gasteiger partial charge in [0.2, 0.25) is 0 Å². The summed E-state index contributed by atoms with van der Waals surface area (Å²) in [5.41, 5.74) is 0.705. The molecule has 0 fully saturated rings. The second kappa shape index (κ2) is 8.22. The minimum atomic E-state index is -0.281. The van der Waals surface area contributed by atoms with Gasteiger partial charge in [0.15, 0.2) is 0 Å². The third-order valence-electron chi connectivity index (χ3n) is 3.74. The van der Waals surface area contributed by atoms with Crippen LogP contribution in [0.15, 0.2) is 18.2 Å². The van der Waals surface area contributed by atoms with E-state index in [0.717, 1.165) is 31.4 Å². The van der Waals surface area contributed by atoms with Crippen LogP contribution < -0.4 is 10.1 Å². The summed E-state index contributed by atoms with van der Waals surface area (Å²) in [6, 6.07) is 4.56. The highest BCUT2D eigenvalue weighted by Crippen LogP contribution is 2.21. The number of hydrogen-bond donors (Lipinski definition) is 2. The smallest absolute Gasteiger partial charge is 0.126 e. The number of rotatable bonds is 9. The van der Waals surface area contributed by atoms with Crippen molar-refractivity contribution in [1.29, 1.82) is 0 Å². The highest BCUT2D eigenvalue weighted by Gasteiger charge is 2.25. The molecule has 0 saturated carbocycles. The maximum absolute atomic E-state index is 13.1. The summed E-state index contributed by atoms with van der Waals surface area (Å²) in [5.74, 6) is 0.316. The predicted molar refractivity (Wildman–Crippen MR) is 79.7 cm³/mol. The van der Waals surface area contributed by atoms with Gasteiger partial charge in [0.05, 0.1) is 13.2 Å². The number of ether oxygens (including phenoxy) is 1. The number of halogens is 1. The molecular formula is C16H26FNO2. The van der Waals surface area contributed by atoms with Gasteiger partial charge >= 0.3 is 0 Å². The topological polar surface area (TPSA) is 41.5 Å². The zero-order valence-electron chi connectivity index (χ0n) is 12.7. The van der Waals surface area contributed by atoms with Crippen LogP contribution in [0.2, 0.25) is 0 Å². The number of likely N-dealkylation sites (N-methyl/N-ethyl adjacent to an activating group) is 1. The third kappa shape index (κ3) is 4.76. The van der Waals surface area contributed by atoms with Gasteiger partial charge in [-0.3, -0.25) is 0 Å². The van der Waals surface area contributed by atoms with E-state index in [9.17, 15) is 9.50 Å². The molecule has 0 aliphatic carbocycles. The molecule has 1 aromatic carbocycles. The van der Waals surface area contributed by atoms with E-state index in [4.69, 9.17) is 4.74 Å². The van der Waals surface area contributed by atoms with Crippen molar-refractivity contribution < 1.29 is 14.2 Å². The average molecular weight is 283 g/mol. The molecule has 1 unspecified atom stereocenters. The fraction of sp³-hybridized carbons (Fsp3) is 0.625. The van der Waals surface area contributed by atoms with Crippen LogP contribution in [-0.4, -0.2) is 30.4 Å². The van der Waals surface area contributed by atoms with Crippen LogP contribution in [0.3, 0.4) is 0 Å². The largest absolute Gasteiger partial charge is 0.493 e. The molecule has 0 saturated heterocycles. The molecule has 1 atom stereocenters. The molecule has 0 spiro atoms. The molecule has 0 aliphatic rings. The molecule has 0 aromatic heterocycles. The predicted octanol–water partition coefficient (Wildman–Crippen LogP) is 3.04. The molecular weight excluding hydrogens is 257 g/mol. The van der Waals surface area contributed by atoms with E-state index < -0.39 is 0 Å². The molecule has 1 rings (SSSR count). The third-order valence-corrected chi connectivity index (χ3v) is 3.74. The lowest BCUT2D eigenvalue weighted by atomic mass is 9.91. The Kier molecular flexibility index (Phi) is 6.96. The fourth-order valence-electron chi connectivity index (χ4n) is 2.33. The number of nitrogens with one attached hydrogen (secondary N) is 1. The Morgan fingerprint density at radius 1 is 1.35 bits per heavy atom. The molecule has 1 aromatic rings. The van der Waals surface area contributed by atoms with E-state index in [1.165, 1.54) is 12.1 Å². The Labute approximate surface area is 121 Å². The van der Waals surface area contributed by atoms with Crippen LogP contribution in [0.5, 0.6) is 5.75 Å². The number of aliphatic hydroxyl groups excluding tert-OH is 1. The highest BCUT2D eigenvalue weighted by molar-refractivity contribution is 5.32. The monoisotopic (exact) mass is 283 g/mol. The van der Waals surface area contributed by atoms with Crippen LogP contribution in [-0.2, 0) is 0 Å². The van der Waals surface area contributed by atoms with Crippen molar-refractivity contribution in [1.82, 2.24) is 5.32 Å². The van der Waals surface area contributed by atoms with E-state index in [0.29, 0.717) is 12.4 Å². The summed E-state index contributed by atoms with van der Waals surface area (Å²) < 4.78 is 18.8. The van der Waals surface area contributed by atoms with Gasteiger partial charge in [-0.2, -0.15) is 0 Å². The molecule has 2 N–H and O–H groups in total. The summed E-state index contributed by atoms with van der Waals surface area (Å²) >= 11 is 0. The van der Waals surface area contributed by atoms with Crippen molar-refractivity contribution in [3.8, 4) is 5.75 Å². The van der Waals surface area contributed by atoms with Gasteiger partial charge < -0.3 is 15.2 Å². The van der Waals surface area contributed by atoms with Crippen molar-refractivity contribution in [2.24, 2.45) is 0 Å². The minimum Gasteiger partial charge on any atom is -0.493 e. The van der Waals surface area contributed by atoms with Crippen LogP contribution in [0.25, 0.3) is 0 Å². The van der Waals surface area contributed by atoms with Gasteiger partial charge in [-0.05, 0) is 44.4 Å². The second-order valence-corrected chi connectivity index (χ2v) is 5.18. The van der Waals surface area contributed by atoms with Crippen molar-refractivity contribution in [2.75, 3.05) is 19.8 Å². The van der Waals surface area contributed by atoms with Gasteiger partial charge in [-0.25, -0.2) is 4.39 Å². The number of hydrogen-bond acceptors (Lipinski definition) is 3. The Morgan fingerprint density at radius 3 is 2.70 bits per heavy atom. The molecule has 0 heterocycles. The van der Waals surface area contributed by atoms with Gasteiger partial charge in [0.1, 0.15) is 11.6 Å². The van der Waals surface area contributed by atoms with Crippen LogP contribution in [0.4, 0.5) is 4.39 Å². The summed E-state index contributed by atoms with van der Waals surface area (Å²) in [6.07, 6.45) is 2.52. The summed E-state index contributed by atoms with van der Waals surface area (Å²) in [5, 5.41) is 12.9. The summed E-state index contributed by atoms with van der Waals surface area (Å²) in [4.78, 5) is 0. The average Bonchev–Trinajstić information content (AvgIpc) is 2.46. The maximum Gasteiger partial charge on any atom is 0.126 e. The first-order valence-electron chi connectivity index (χ1n) is 7.31. The maximum atomic E-state index is 13.1. The van der Waals surface area contributed by atoms with Crippen molar-refractivity contribution in [3.05, 3.63) is 29.6 Å². The number of benzene rings is 1. The molecule has 0 aliphatic heterocycles. The van der Waals surface area contributed by atoms with Crippen molar-refractivity contribution >= 4 is 0 Å². The SMILES string of the molecule is CCNC(CC)(CO)CCCOc1cc(F)ccc1C. The molecule has 0 amide bonds. The molecule has 20 heavy (non-hydrogen) atoms. The first-order chi connectivity index (χ1) is 9.56. The Bertz CT molecular complexity index is 405. The molecule has 114 valence electrons. The fourth-order valence-corrected chi connectivity index (χ4v) is 2.33. The van der Waals surface area contributed by atoms with E-state index >= 15 is 0 Å². The first-order valence-corrected chi connectivity index (χ1v) is 7.31. The van der Waals surface area contributed by atoms with Crippen LogP contribution >= 0.6 is 0 Å². The standard InChI is InChI=1S/C16H26FNO2/c1-4-16(12-19,18-5-2)9-6-10-20-15-11-14(17)8-7-13(15)3/h7-8,11,18-19H,4-6,9-10,12H2,1-3H3. The zero-order valence-corrected chi connectivity index (χ0v) is 12.7. The summed E-state index contributed by atoms with van der Waals surface area (Å²) in [7, 11) is 0. The lowest BCUT2D eigenvalue weighted by molar-refractivity contribution is 0.139. The molecule has 4 heteroatoms. The second-order valence-electron chi connectivity index (χ2n) is 5.18. The summed E-state index contributed by atoms with van der Waals surface area (Å²) in [6.45, 7) is 7.48. The zero-order chi connectivity index (χ0) is 15.0. The van der Waals surface area contributed by atoms with Gasteiger partial charge in [0.25, 0.3) is 0 Å². The molecule has 3 nitrogen and oxygen atoms in total. The Hall–Kier alpha value is -1.13. The first kappa shape index (κ1) is 16.9. The van der Waals surface area contributed by atoms with Crippen molar-refractivity contribution in [3.63, 3.8) is 0 Å². The Morgan fingerprint density at radius 2 is 2.10 bits per heavy atom. The lowest BCUT2D eigenvalue weighted by Crippen LogP contribution is -2.48. The van der Waals surface area contributed by atoms with Gasteiger partial charge in [-0.1, -0.05) is 19.9 Å².